The van der Waals surface area contributed by atoms with Crippen LogP contribution in [-0.2, 0) is 5.67 Å². The second kappa shape index (κ2) is 12.3. The number of anilines is 2. The molecule has 3 aromatic rings. The van der Waals surface area contributed by atoms with Gasteiger partial charge in [-0.25, -0.2) is 13.2 Å². The van der Waals surface area contributed by atoms with Crippen molar-refractivity contribution in [2.75, 3.05) is 17.3 Å². The van der Waals surface area contributed by atoms with E-state index in [4.69, 9.17) is 0 Å². The molecule has 46 heavy (non-hydrogen) atoms. The van der Waals surface area contributed by atoms with Gasteiger partial charge in [0.2, 0.25) is 0 Å². The van der Waals surface area contributed by atoms with Gasteiger partial charge in [0.1, 0.15) is 5.82 Å². The number of alkyl halides is 12. The first-order valence-electron chi connectivity index (χ1n) is 11.8. The lowest BCUT2D eigenvalue weighted by atomic mass is 9.87. The lowest BCUT2D eigenvalue weighted by molar-refractivity contribution is -0.389. The molecule has 0 aliphatic rings. The molecular weight excluding hydrogens is 734 g/mol. The minimum absolute atomic E-state index is 0.157. The van der Waals surface area contributed by atoms with E-state index in [-0.39, 0.29) is 5.56 Å². The number of hydrogen-bond acceptors (Lipinski definition) is 3. The number of halogens is 15. The summed E-state index contributed by atoms with van der Waals surface area (Å²) in [5.74, 6) is -14.3. The van der Waals surface area contributed by atoms with Crippen LogP contribution in [0.3, 0.4) is 0 Å². The highest BCUT2D eigenvalue weighted by Crippen LogP contribution is 2.59. The number of ether oxygens (including phenoxy) is 1. The average Bonchev–Trinajstić information content (AvgIpc) is 2.91. The maximum Gasteiger partial charge on any atom is 0.573 e. The topological polar surface area (TPSA) is 58.6 Å². The van der Waals surface area contributed by atoms with Gasteiger partial charge in [0.05, 0.1) is 16.9 Å². The molecule has 0 aliphatic carbocycles. The Bertz CT molecular complexity index is 1640. The highest BCUT2D eigenvalue weighted by Gasteiger charge is 2.81. The van der Waals surface area contributed by atoms with Crippen LogP contribution in [0.2, 0.25) is 0 Å². The Labute approximate surface area is 255 Å². The molecule has 3 aromatic carbocycles. The number of amides is 2. The van der Waals surface area contributed by atoms with Crippen LogP contribution in [-0.4, -0.2) is 43.5 Å². The molecule has 0 spiro atoms. The minimum atomic E-state index is -7.26. The van der Waals surface area contributed by atoms with Crippen LogP contribution in [0.1, 0.15) is 26.3 Å². The first-order valence-corrected chi connectivity index (χ1v) is 12.6. The summed E-state index contributed by atoms with van der Waals surface area (Å²) in [4.78, 5) is 26.2. The van der Waals surface area contributed by atoms with Gasteiger partial charge in [0.15, 0.2) is 11.6 Å². The predicted octanol–water partition coefficient (Wildman–Crippen LogP) is 9.08. The highest BCUT2D eigenvalue weighted by atomic mass is 79.9. The van der Waals surface area contributed by atoms with Crippen LogP contribution in [0.4, 0.5) is 72.8 Å². The van der Waals surface area contributed by atoms with Crippen molar-refractivity contribution in [1.82, 2.24) is 0 Å². The van der Waals surface area contributed by atoms with Gasteiger partial charge >= 0.3 is 30.3 Å². The SMILES string of the molecule is CN(C(=O)c1ccc(F)cc1)c1cccc(C(=O)Nc2c(Br)cc(C(F)(C(F)(F)F)C(F)(F)C(F)(F)F)cc2OC(F)(F)F)c1F. The largest absolute Gasteiger partial charge is 0.573 e. The Morgan fingerprint density at radius 3 is 1.87 bits per heavy atom. The van der Waals surface area contributed by atoms with Crippen molar-refractivity contribution < 1.29 is 75.8 Å². The van der Waals surface area contributed by atoms with Gasteiger partial charge in [-0.05, 0) is 64.5 Å². The summed E-state index contributed by atoms with van der Waals surface area (Å²) < 4.78 is 192. The third kappa shape index (κ3) is 6.85. The second-order valence-electron chi connectivity index (χ2n) is 9.07. The molecule has 0 radical (unpaired) electrons. The van der Waals surface area contributed by atoms with E-state index in [1.807, 2.05) is 0 Å². The van der Waals surface area contributed by atoms with E-state index in [0.717, 1.165) is 43.4 Å². The normalized spacial score (nSPS) is 14.0. The molecule has 250 valence electrons. The molecule has 5 nitrogen and oxygen atoms in total. The second-order valence-corrected chi connectivity index (χ2v) is 9.93. The van der Waals surface area contributed by atoms with Crippen molar-refractivity contribution in [2.45, 2.75) is 30.3 Å². The molecule has 0 heterocycles. The molecule has 2 amide bonds. The fourth-order valence-electron chi connectivity index (χ4n) is 3.86. The monoisotopic (exact) mass is 746 g/mol. The number of rotatable bonds is 7. The summed E-state index contributed by atoms with van der Waals surface area (Å²) in [5, 5.41) is 1.57. The van der Waals surface area contributed by atoms with Gasteiger partial charge in [-0.15, -0.1) is 13.2 Å². The van der Waals surface area contributed by atoms with Crippen LogP contribution in [0.25, 0.3) is 0 Å². The van der Waals surface area contributed by atoms with E-state index in [9.17, 15) is 66.7 Å². The van der Waals surface area contributed by atoms with Crippen LogP contribution in [0.15, 0.2) is 59.1 Å². The zero-order chi connectivity index (χ0) is 35.2. The molecule has 0 saturated heterocycles. The van der Waals surface area contributed by atoms with E-state index in [1.165, 1.54) is 0 Å². The Morgan fingerprint density at radius 1 is 0.804 bits per heavy atom. The van der Waals surface area contributed by atoms with E-state index in [1.54, 1.807) is 5.32 Å². The lowest BCUT2D eigenvalue weighted by Gasteiger charge is -2.36. The van der Waals surface area contributed by atoms with E-state index in [0.29, 0.717) is 11.0 Å². The fourth-order valence-corrected chi connectivity index (χ4v) is 4.40. The number of carbonyl (C=O) groups is 2. The molecular formula is C26H13BrF14N2O3. The van der Waals surface area contributed by atoms with Crippen LogP contribution in [0, 0.1) is 11.6 Å². The van der Waals surface area contributed by atoms with Crippen LogP contribution >= 0.6 is 15.9 Å². The zero-order valence-corrected chi connectivity index (χ0v) is 23.6. The molecule has 0 saturated carbocycles. The summed E-state index contributed by atoms with van der Waals surface area (Å²) in [7, 11) is 1.01. The van der Waals surface area contributed by atoms with Crippen molar-refractivity contribution in [3.63, 3.8) is 0 Å². The molecule has 3 rings (SSSR count). The fraction of sp³-hybridized carbons (Fsp3) is 0.231. The molecule has 1 N–H and O–H groups in total. The standard InChI is InChI=1S/C26H13BrF14N2O3/c1-43(21(45)11-5-7-13(28)8-6-11)16-4-2-3-14(18(16)29)20(44)42-19-15(27)9-12(10-17(19)46-26(39,40)41)22(30,24(33,34)35)23(31,32)25(36,37)38/h2-10H,1H3,(H,42,44). The third-order valence-corrected chi connectivity index (χ3v) is 6.70. The summed E-state index contributed by atoms with van der Waals surface area (Å²) in [6.07, 6.45) is -20.2. The van der Waals surface area contributed by atoms with Crippen LogP contribution in [0.5, 0.6) is 5.75 Å². The first-order chi connectivity index (χ1) is 20.8. The van der Waals surface area contributed by atoms with Gasteiger partial charge in [0.25, 0.3) is 11.8 Å². The van der Waals surface area contributed by atoms with Crippen LogP contribution < -0.4 is 15.0 Å². The number of nitrogens with one attached hydrogen (secondary N) is 1. The van der Waals surface area contributed by atoms with Gasteiger partial charge < -0.3 is 15.0 Å². The Hall–Kier alpha value is -4.10. The highest BCUT2D eigenvalue weighted by molar-refractivity contribution is 9.10. The van der Waals surface area contributed by atoms with Gasteiger partial charge in [-0.1, -0.05) is 6.07 Å². The van der Waals surface area contributed by atoms with Gasteiger partial charge in [-0.3, -0.25) is 9.59 Å². The summed E-state index contributed by atoms with van der Waals surface area (Å²) in [5.41, 5.74) is -12.7. The molecule has 0 aromatic heterocycles. The smallest absolute Gasteiger partial charge is 0.404 e. The molecule has 0 aliphatic heterocycles. The Kier molecular flexibility index (Phi) is 9.69. The van der Waals surface area contributed by atoms with Crippen molar-refractivity contribution in [2.24, 2.45) is 0 Å². The van der Waals surface area contributed by atoms with Crippen molar-refractivity contribution in [3.05, 3.63) is 87.4 Å². The minimum Gasteiger partial charge on any atom is -0.404 e. The molecule has 0 bridgehead atoms. The lowest BCUT2D eigenvalue weighted by Crippen LogP contribution is -2.59. The van der Waals surface area contributed by atoms with Gasteiger partial charge in [-0.2, -0.15) is 35.1 Å². The first kappa shape index (κ1) is 36.4. The van der Waals surface area contributed by atoms with E-state index in [2.05, 4.69) is 20.7 Å². The maximum absolute atomic E-state index is 15.4. The Balaban J connectivity index is 2.12. The van der Waals surface area contributed by atoms with Crippen molar-refractivity contribution in [1.29, 1.82) is 0 Å². The molecule has 1 unspecified atom stereocenters. The average molecular weight is 747 g/mol. The number of carbonyl (C=O) groups excluding carboxylic acids is 2. The maximum atomic E-state index is 15.4. The summed E-state index contributed by atoms with van der Waals surface area (Å²) in [6.45, 7) is 0. The van der Waals surface area contributed by atoms with Gasteiger partial charge in [0, 0.05) is 22.6 Å². The zero-order valence-electron chi connectivity index (χ0n) is 22.0. The van der Waals surface area contributed by atoms with Crippen molar-refractivity contribution in [3.8, 4) is 5.75 Å². The summed E-state index contributed by atoms with van der Waals surface area (Å²) in [6, 6.07) is 5.26. The number of hydrogen-bond donors (Lipinski definition) is 1. The van der Waals surface area contributed by atoms with Crippen molar-refractivity contribution >= 4 is 39.1 Å². The molecule has 0 fully saturated rings. The summed E-state index contributed by atoms with van der Waals surface area (Å²) >= 11 is 2.29. The molecule has 20 heteroatoms. The quantitative estimate of drug-likeness (QED) is 0.246. The predicted molar refractivity (Wildman–Crippen MR) is 134 cm³/mol. The molecule has 1 atom stereocenters. The Morgan fingerprint density at radius 2 is 1.37 bits per heavy atom. The van der Waals surface area contributed by atoms with E-state index >= 15 is 4.39 Å². The number of benzene rings is 3. The number of nitrogens with zero attached hydrogens (tertiary/aromatic N) is 1. The van der Waals surface area contributed by atoms with E-state index < -0.39 is 98.6 Å². The third-order valence-electron chi connectivity index (χ3n) is 6.08.